The molecular weight excluding hydrogens is 382 g/mol. The van der Waals surface area contributed by atoms with Gasteiger partial charge in [-0.15, -0.1) is 0 Å². The molecule has 0 aliphatic heterocycles. The quantitative estimate of drug-likeness (QED) is 0.491. The van der Waals surface area contributed by atoms with Gasteiger partial charge in [-0.2, -0.15) is 10.2 Å². The van der Waals surface area contributed by atoms with E-state index in [1.165, 1.54) is 0 Å². The van der Waals surface area contributed by atoms with Crippen molar-refractivity contribution in [3.8, 4) is 17.1 Å². The Morgan fingerprint density at radius 1 is 1.13 bits per heavy atom. The van der Waals surface area contributed by atoms with Crippen molar-refractivity contribution >= 4 is 16.9 Å². The molecule has 8 nitrogen and oxygen atoms in total. The normalized spacial score (nSPS) is 11.6. The molecule has 154 valence electrons. The van der Waals surface area contributed by atoms with Crippen LogP contribution in [-0.4, -0.2) is 36.5 Å². The van der Waals surface area contributed by atoms with Crippen LogP contribution in [0.3, 0.4) is 0 Å². The molecule has 4 rings (SSSR count). The Hall–Kier alpha value is -3.68. The van der Waals surface area contributed by atoms with E-state index in [9.17, 15) is 4.79 Å². The minimum absolute atomic E-state index is 0.0744. The van der Waals surface area contributed by atoms with Gasteiger partial charge in [-0.1, -0.05) is 6.07 Å². The average molecular weight is 405 g/mol. The lowest BCUT2D eigenvalue weighted by Gasteiger charge is -2.19. The van der Waals surface area contributed by atoms with E-state index in [1.807, 2.05) is 57.2 Å². The van der Waals surface area contributed by atoms with Gasteiger partial charge in [0.25, 0.3) is 0 Å². The van der Waals surface area contributed by atoms with Crippen molar-refractivity contribution in [2.75, 3.05) is 0 Å². The lowest BCUT2D eigenvalue weighted by molar-refractivity contribution is -0.155. The van der Waals surface area contributed by atoms with Gasteiger partial charge < -0.3 is 9.47 Å². The Bertz CT molecular complexity index is 1140. The van der Waals surface area contributed by atoms with Crippen LogP contribution in [0.25, 0.3) is 22.3 Å². The van der Waals surface area contributed by atoms with Crippen LogP contribution in [0, 0.1) is 0 Å². The number of ether oxygens (including phenoxy) is 2. The van der Waals surface area contributed by atoms with Gasteiger partial charge in [-0.25, -0.2) is 0 Å². The summed E-state index contributed by atoms with van der Waals surface area (Å²) in [6.07, 6.45) is 5.12. The Kier molecular flexibility index (Phi) is 5.22. The van der Waals surface area contributed by atoms with Crippen LogP contribution in [-0.2, 0) is 22.7 Å². The van der Waals surface area contributed by atoms with Gasteiger partial charge >= 0.3 is 5.97 Å². The van der Waals surface area contributed by atoms with Gasteiger partial charge in [0, 0.05) is 11.6 Å². The number of aromatic amines is 1. The number of benzene rings is 1. The SMILES string of the molecule is CC(C)(C)OC(=O)Cn1ncc2cc(COc3ccc(-c4ccn[nH]4)nc3)ccc21. The third-order valence-electron chi connectivity index (χ3n) is 4.32. The number of nitrogens with one attached hydrogen (secondary N) is 1. The van der Waals surface area contributed by atoms with Crippen molar-refractivity contribution in [2.45, 2.75) is 39.5 Å². The van der Waals surface area contributed by atoms with E-state index in [-0.39, 0.29) is 12.5 Å². The maximum atomic E-state index is 12.1. The zero-order chi connectivity index (χ0) is 21.1. The molecule has 4 aromatic rings. The predicted molar refractivity (Wildman–Crippen MR) is 112 cm³/mol. The lowest BCUT2D eigenvalue weighted by atomic mass is 10.2. The maximum absolute atomic E-state index is 12.1. The summed E-state index contributed by atoms with van der Waals surface area (Å²) in [5.41, 5.74) is 3.01. The van der Waals surface area contributed by atoms with Crippen LogP contribution in [0.15, 0.2) is 55.0 Å². The van der Waals surface area contributed by atoms with Crippen molar-refractivity contribution in [1.29, 1.82) is 0 Å². The summed E-state index contributed by atoms with van der Waals surface area (Å²) in [5, 5.41) is 12.1. The van der Waals surface area contributed by atoms with E-state index < -0.39 is 5.60 Å². The number of carbonyl (C=O) groups excluding carboxylic acids is 1. The third kappa shape index (κ3) is 4.65. The number of nitrogens with zero attached hydrogens (tertiary/aromatic N) is 4. The van der Waals surface area contributed by atoms with E-state index in [1.54, 1.807) is 23.3 Å². The standard InChI is InChI=1S/C22H23N5O3/c1-22(2,3)30-21(28)13-27-20-7-4-15(10-16(20)11-25-27)14-29-17-5-6-18(23-12-17)19-8-9-24-26-19/h4-12H,13-14H2,1-3H3,(H,24,26). The summed E-state index contributed by atoms with van der Waals surface area (Å²) in [4.78, 5) is 16.5. The first-order valence-electron chi connectivity index (χ1n) is 9.62. The number of hydrogen-bond acceptors (Lipinski definition) is 6. The lowest BCUT2D eigenvalue weighted by Crippen LogP contribution is -2.26. The average Bonchev–Trinajstić information content (AvgIpc) is 3.36. The fourth-order valence-electron chi connectivity index (χ4n) is 3.04. The molecule has 0 spiro atoms. The van der Waals surface area contributed by atoms with Crippen LogP contribution in [0.1, 0.15) is 26.3 Å². The van der Waals surface area contributed by atoms with Crippen LogP contribution >= 0.6 is 0 Å². The highest BCUT2D eigenvalue weighted by Crippen LogP contribution is 2.20. The van der Waals surface area contributed by atoms with Crippen molar-refractivity contribution in [3.63, 3.8) is 0 Å². The largest absolute Gasteiger partial charge is 0.487 e. The molecule has 1 N–H and O–H groups in total. The van der Waals surface area contributed by atoms with Gasteiger partial charge in [-0.05, 0) is 56.7 Å². The molecule has 0 aliphatic carbocycles. The number of aromatic nitrogens is 5. The maximum Gasteiger partial charge on any atom is 0.328 e. The topological polar surface area (TPSA) is 94.9 Å². The summed E-state index contributed by atoms with van der Waals surface area (Å²) in [5.74, 6) is 0.366. The molecule has 30 heavy (non-hydrogen) atoms. The van der Waals surface area contributed by atoms with E-state index in [0.717, 1.165) is 27.9 Å². The summed E-state index contributed by atoms with van der Waals surface area (Å²) in [6, 6.07) is 11.5. The fourth-order valence-corrected chi connectivity index (χ4v) is 3.04. The number of fused-ring (bicyclic) bond motifs is 1. The highest BCUT2D eigenvalue weighted by molar-refractivity contribution is 5.81. The first-order chi connectivity index (χ1) is 14.4. The Balaban J connectivity index is 1.40. The predicted octanol–water partition coefficient (Wildman–Crippen LogP) is 3.74. The van der Waals surface area contributed by atoms with Crippen LogP contribution in [0.5, 0.6) is 5.75 Å². The summed E-state index contributed by atoms with van der Waals surface area (Å²) in [7, 11) is 0. The number of hydrogen-bond donors (Lipinski definition) is 1. The third-order valence-corrected chi connectivity index (χ3v) is 4.32. The fraction of sp³-hybridized carbons (Fsp3) is 0.273. The molecule has 3 heterocycles. The second kappa shape index (κ2) is 7.98. The van der Waals surface area contributed by atoms with Gasteiger partial charge in [0.05, 0.1) is 29.3 Å². The summed E-state index contributed by atoms with van der Waals surface area (Å²) >= 11 is 0. The first-order valence-corrected chi connectivity index (χ1v) is 9.62. The van der Waals surface area contributed by atoms with E-state index in [0.29, 0.717) is 12.4 Å². The molecule has 0 radical (unpaired) electrons. The summed E-state index contributed by atoms with van der Waals surface area (Å²) < 4.78 is 12.9. The molecule has 0 fully saturated rings. The molecule has 1 aromatic carbocycles. The molecule has 0 saturated carbocycles. The second-order valence-electron chi connectivity index (χ2n) is 7.92. The smallest absolute Gasteiger partial charge is 0.328 e. The zero-order valence-corrected chi connectivity index (χ0v) is 17.1. The zero-order valence-electron chi connectivity index (χ0n) is 17.1. The number of rotatable bonds is 6. The molecule has 0 bridgehead atoms. The number of esters is 1. The van der Waals surface area contributed by atoms with Crippen molar-refractivity contribution in [2.24, 2.45) is 0 Å². The molecule has 3 aromatic heterocycles. The van der Waals surface area contributed by atoms with Crippen LogP contribution in [0.4, 0.5) is 0 Å². The minimum atomic E-state index is -0.518. The van der Waals surface area contributed by atoms with Gasteiger partial charge in [0.1, 0.15) is 24.5 Å². The molecule has 0 aliphatic rings. The number of H-pyrrole nitrogens is 1. The molecule has 0 atom stereocenters. The van der Waals surface area contributed by atoms with E-state index in [4.69, 9.17) is 9.47 Å². The molecule has 0 saturated heterocycles. The number of pyridine rings is 1. The monoisotopic (exact) mass is 405 g/mol. The minimum Gasteiger partial charge on any atom is -0.487 e. The highest BCUT2D eigenvalue weighted by Gasteiger charge is 2.17. The van der Waals surface area contributed by atoms with Crippen LogP contribution in [0.2, 0.25) is 0 Å². The highest BCUT2D eigenvalue weighted by atomic mass is 16.6. The van der Waals surface area contributed by atoms with Crippen molar-refractivity contribution < 1.29 is 14.3 Å². The number of carbonyl (C=O) groups is 1. The molecular formula is C22H23N5O3. The van der Waals surface area contributed by atoms with Crippen molar-refractivity contribution in [3.05, 3.63) is 60.6 Å². The molecule has 0 amide bonds. The van der Waals surface area contributed by atoms with Gasteiger partial charge in [0.15, 0.2) is 0 Å². The first kappa shape index (κ1) is 19.6. The van der Waals surface area contributed by atoms with Gasteiger partial charge in [-0.3, -0.25) is 19.6 Å². The summed E-state index contributed by atoms with van der Waals surface area (Å²) in [6.45, 7) is 6.01. The van der Waals surface area contributed by atoms with Crippen LogP contribution < -0.4 is 4.74 Å². The van der Waals surface area contributed by atoms with E-state index in [2.05, 4.69) is 20.3 Å². The van der Waals surface area contributed by atoms with Gasteiger partial charge in [0.2, 0.25) is 0 Å². The Labute approximate surface area is 173 Å². The molecule has 8 heteroatoms. The van der Waals surface area contributed by atoms with E-state index >= 15 is 0 Å². The Morgan fingerprint density at radius 3 is 2.70 bits per heavy atom. The molecule has 0 unspecified atom stereocenters. The Morgan fingerprint density at radius 2 is 2.00 bits per heavy atom. The second-order valence-corrected chi connectivity index (χ2v) is 7.92. The van der Waals surface area contributed by atoms with Crippen molar-refractivity contribution in [1.82, 2.24) is 25.0 Å².